The van der Waals surface area contributed by atoms with Crippen molar-refractivity contribution in [2.75, 3.05) is 0 Å². The minimum atomic E-state index is -0.328. The molecule has 182 valence electrons. The standard InChI is InChI=1S/C34H22ClNO2/c1-20-27-18-24(13-16-31(27)38-34(37)32(20)22-7-3-2-4-8-22)30-19-28(21-11-14-25(35)15-12-21)29-17-23-9-5-6-10-26(23)33(29)36-30/h2-16,18-19H,17H2,1H3. The van der Waals surface area contributed by atoms with Crippen molar-refractivity contribution in [2.45, 2.75) is 13.3 Å². The van der Waals surface area contributed by atoms with Crippen molar-refractivity contribution in [3.8, 4) is 44.8 Å². The van der Waals surface area contributed by atoms with Crippen LogP contribution in [0.3, 0.4) is 0 Å². The van der Waals surface area contributed by atoms with Gasteiger partial charge in [0.1, 0.15) is 5.58 Å². The van der Waals surface area contributed by atoms with Crippen molar-refractivity contribution in [3.63, 3.8) is 0 Å². The first kappa shape index (κ1) is 22.7. The maximum Gasteiger partial charge on any atom is 0.344 e. The smallest absolute Gasteiger partial charge is 0.344 e. The molecule has 4 aromatic carbocycles. The van der Waals surface area contributed by atoms with Gasteiger partial charge in [0.25, 0.3) is 0 Å². The molecule has 3 nitrogen and oxygen atoms in total. The van der Waals surface area contributed by atoms with E-state index in [0.29, 0.717) is 16.2 Å². The maximum absolute atomic E-state index is 12.9. The second-order valence-electron chi connectivity index (χ2n) is 9.69. The van der Waals surface area contributed by atoms with Crippen molar-refractivity contribution in [2.24, 2.45) is 0 Å². The predicted octanol–water partition coefficient (Wildman–Crippen LogP) is 8.72. The normalized spacial score (nSPS) is 11.9. The van der Waals surface area contributed by atoms with E-state index >= 15 is 0 Å². The van der Waals surface area contributed by atoms with Crippen LogP contribution in [-0.2, 0) is 6.42 Å². The van der Waals surface area contributed by atoms with Crippen LogP contribution >= 0.6 is 11.6 Å². The van der Waals surface area contributed by atoms with E-state index in [1.54, 1.807) is 0 Å². The first-order valence-corrected chi connectivity index (χ1v) is 13.0. The lowest BCUT2D eigenvalue weighted by Gasteiger charge is -2.14. The average molecular weight is 512 g/mol. The molecule has 0 fully saturated rings. The highest BCUT2D eigenvalue weighted by molar-refractivity contribution is 6.30. The van der Waals surface area contributed by atoms with Gasteiger partial charge in [-0.15, -0.1) is 0 Å². The minimum Gasteiger partial charge on any atom is -0.422 e. The van der Waals surface area contributed by atoms with Crippen LogP contribution in [0.25, 0.3) is 55.7 Å². The summed E-state index contributed by atoms with van der Waals surface area (Å²) in [5, 5.41) is 1.61. The SMILES string of the molecule is Cc1c(-c2ccccc2)c(=O)oc2ccc(-c3cc(-c4ccc(Cl)cc4)c4c(n3)-c3ccccc3C4)cc12. The largest absolute Gasteiger partial charge is 0.422 e. The monoisotopic (exact) mass is 511 g/mol. The maximum atomic E-state index is 12.9. The fourth-order valence-corrected chi connectivity index (χ4v) is 5.68. The second-order valence-corrected chi connectivity index (χ2v) is 10.1. The van der Waals surface area contributed by atoms with Gasteiger partial charge in [-0.2, -0.15) is 0 Å². The molecule has 4 heteroatoms. The van der Waals surface area contributed by atoms with E-state index in [1.165, 1.54) is 16.7 Å². The summed E-state index contributed by atoms with van der Waals surface area (Å²) in [6, 6.07) is 34.2. The van der Waals surface area contributed by atoms with Crippen LogP contribution in [0.5, 0.6) is 0 Å². The molecule has 0 radical (unpaired) electrons. The molecule has 0 aliphatic heterocycles. The zero-order valence-corrected chi connectivity index (χ0v) is 21.4. The Hall–Kier alpha value is -4.47. The van der Waals surface area contributed by atoms with Gasteiger partial charge in [-0.25, -0.2) is 9.78 Å². The molecule has 0 unspecified atom stereocenters. The molecule has 1 aliphatic rings. The fourth-order valence-electron chi connectivity index (χ4n) is 5.55. The van der Waals surface area contributed by atoms with Crippen LogP contribution in [0.2, 0.25) is 5.02 Å². The third-order valence-electron chi connectivity index (χ3n) is 7.44. The van der Waals surface area contributed by atoms with E-state index in [-0.39, 0.29) is 5.63 Å². The number of aryl methyl sites for hydroxylation is 1. The molecule has 0 atom stereocenters. The molecule has 0 spiro atoms. The first-order valence-electron chi connectivity index (χ1n) is 12.6. The Balaban J connectivity index is 1.46. The molecule has 6 aromatic rings. The minimum absolute atomic E-state index is 0.328. The topological polar surface area (TPSA) is 43.1 Å². The Bertz CT molecular complexity index is 1920. The van der Waals surface area contributed by atoms with E-state index in [9.17, 15) is 4.79 Å². The summed E-state index contributed by atoms with van der Waals surface area (Å²) in [6.07, 6.45) is 0.846. The van der Waals surface area contributed by atoms with Gasteiger partial charge in [-0.1, -0.05) is 78.3 Å². The van der Waals surface area contributed by atoms with Gasteiger partial charge >= 0.3 is 5.63 Å². The van der Waals surface area contributed by atoms with Crippen LogP contribution < -0.4 is 5.63 Å². The number of rotatable bonds is 3. The van der Waals surface area contributed by atoms with Crippen LogP contribution in [-0.4, -0.2) is 4.98 Å². The number of nitrogens with zero attached hydrogens (tertiary/aromatic N) is 1. The van der Waals surface area contributed by atoms with Gasteiger partial charge in [0.15, 0.2) is 0 Å². The van der Waals surface area contributed by atoms with Gasteiger partial charge in [-0.3, -0.25) is 0 Å². The van der Waals surface area contributed by atoms with Crippen molar-refractivity contribution < 1.29 is 4.42 Å². The number of hydrogen-bond donors (Lipinski definition) is 0. The first-order chi connectivity index (χ1) is 18.6. The van der Waals surface area contributed by atoms with E-state index in [1.807, 2.05) is 61.5 Å². The lowest BCUT2D eigenvalue weighted by molar-refractivity contribution is 0.562. The van der Waals surface area contributed by atoms with Crippen LogP contribution in [0.15, 0.2) is 112 Å². The van der Waals surface area contributed by atoms with E-state index in [2.05, 4.69) is 48.5 Å². The molecular formula is C34H22ClNO2. The second kappa shape index (κ2) is 8.83. The summed E-state index contributed by atoms with van der Waals surface area (Å²) in [7, 11) is 0. The van der Waals surface area contributed by atoms with Crippen LogP contribution in [0.1, 0.15) is 16.7 Å². The Morgan fingerprint density at radius 3 is 2.32 bits per heavy atom. The Morgan fingerprint density at radius 2 is 1.50 bits per heavy atom. The summed E-state index contributed by atoms with van der Waals surface area (Å²) < 4.78 is 5.76. The predicted molar refractivity (Wildman–Crippen MR) is 155 cm³/mol. The molecule has 2 aromatic heterocycles. The van der Waals surface area contributed by atoms with Gasteiger partial charge in [-0.05, 0) is 76.7 Å². The molecule has 0 saturated heterocycles. The van der Waals surface area contributed by atoms with E-state index in [0.717, 1.165) is 51.0 Å². The number of aromatic nitrogens is 1. The summed E-state index contributed by atoms with van der Waals surface area (Å²) >= 11 is 6.21. The molecular weight excluding hydrogens is 490 g/mol. The molecule has 2 heterocycles. The third-order valence-corrected chi connectivity index (χ3v) is 7.69. The van der Waals surface area contributed by atoms with Gasteiger partial charge < -0.3 is 4.42 Å². The van der Waals surface area contributed by atoms with Gasteiger partial charge in [0.05, 0.1) is 17.0 Å². The summed E-state index contributed by atoms with van der Waals surface area (Å²) in [4.78, 5) is 18.1. The zero-order chi connectivity index (χ0) is 25.8. The Labute approximate surface area is 225 Å². The quantitative estimate of drug-likeness (QED) is 0.223. The highest BCUT2D eigenvalue weighted by Crippen LogP contribution is 2.43. The molecule has 0 N–H and O–H groups in total. The molecule has 0 saturated carbocycles. The van der Waals surface area contributed by atoms with Gasteiger partial charge in [0, 0.05) is 28.0 Å². The molecule has 7 rings (SSSR count). The molecule has 1 aliphatic carbocycles. The highest BCUT2D eigenvalue weighted by Gasteiger charge is 2.25. The third kappa shape index (κ3) is 3.67. The average Bonchev–Trinajstić information content (AvgIpc) is 3.32. The molecule has 0 bridgehead atoms. The van der Waals surface area contributed by atoms with Crippen molar-refractivity contribution in [1.82, 2.24) is 4.98 Å². The number of hydrogen-bond acceptors (Lipinski definition) is 3. The molecule has 0 amide bonds. The number of halogens is 1. The Morgan fingerprint density at radius 1 is 0.763 bits per heavy atom. The van der Waals surface area contributed by atoms with Gasteiger partial charge in [0.2, 0.25) is 0 Å². The lowest BCUT2D eigenvalue weighted by atomic mass is 9.95. The fraction of sp³-hybridized carbons (Fsp3) is 0.0588. The zero-order valence-electron chi connectivity index (χ0n) is 20.7. The number of fused-ring (bicyclic) bond motifs is 4. The lowest BCUT2D eigenvalue weighted by Crippen LogP contribution is -2.06. The number of pyridine rings is 1. The van der Waals surface area contributed by atoms with Crippen LogP contribution in [0.4, 0.5) is 0 Å². The number of benzene rings is 4. The Kier molecular flexibility index (Phi) is 5.27. The van der Waals surface area contributed by atoms with E-state index < -0.39 is 0 Å². The van der Waals surface area contributed by atoms with E-state index in [4.69, 9.17) is 21.0 Å². The van der Waals surface area contributed by atoms with Crippen molar-refractivity contribution in [3.05, 3.63) is 135 Å². The van der Waals surface area contributed by atoms with Crippen LogP contribution in [0, 0.1) is 6.92 Å². The summed E-state index contributed by atoms with van der Waals surface area (Å²) in [5.41, 5.74) is 11.4. The van der Waals surface area contributed by atoms with Crippen molar-refractivity contribution in [1.29, 1.82) is 0 Å². The summed E-state index contributed by atoms with van der Waals surface area (Å²) in [6.45, 7) is 1.98. The molecule has 38 heavy (non-hydrogen) atoms. The van der Waals surface area contributed by atoms with Crippen molar-refractivity contribution >= 4 is 22.6 Å². The summed E-state index contributed by atoms with van der Waals surface area (Å²) in [5.74, 6) is 0. The highest BCUT2D eigenvalue weighted by atomic mass is 35.5.